The number of halogens is 1. The van der Waals surface area contributed by atoms with Gasteiger partial charge in [0, 0.05) is 16.8 Å². The number of aromatic nitrogens is 1. The quantitative estimate of drug-likeness (QED) is 0.233. The topological polar surface area (TPSA) is 128 Å². The first-order valence-corrected chi connectivity index (χ1v) is 7.95. The van der Waals surface area contributed by atoms with Crippen molar-refractivity contribution >= 4 is 35.1 Å². The van der Waals surface area contributed by atoms with Crippen molar-refractivity contribution in [1.82, 2.24) is 15.6 Å². The predicted octanol–water partition coefficient (Wildman–Crippen LogP) is 1.50. The molecule has 138 valence electrons. The zero-order valence-corrected chi connectivity index (χ0v) is 14.9. The molecule has 1 atom stereocenters. The van der Waals surface area contributed by atoms with Gasteiger partial charge in [0.1, 0.15) is 0 Å². The van der Waals surface area contributed by atoms with Gasteiger partial charge >= 0.3 is 5.97 Å². The lowest BCUT2D eigenvalue weighted by Crippen LogP contribution is -2.42. The molecule has 0 aliphatic heterocycles. The third-order valence-electron chi connectivity index (χ3n) is 3.16. The third-order valence-corrected chi connectivity index (χ3v) is 3.41. The minimum atomic E-state index is -1.39. The van der Waals surface area contributed by atoms with Crippen molar-refractivity contribution in [2.24, 2.45) is 4.99 Å². The molecule has 0 aliphatic rings. The number of hydrogen-bond donors (Lipinski definition) is 3. The second kappa shape index (κ2) is 9.74. The Morgan fingerprint density at radius 1 is 1.30 bits per heavy atom. The van der Waals surface area contributed by atoms with E-state index in [1.165, 1.54) is 18.3 Å². The zero-order valence-electron chi connectivity index (χ0n) is 14.1. The Morgan fingerprint density at radius 3 is 2.63 bits per heavy atom. The van der Waals surface area contributed by atoms with E-state index in [9.17, 15) is 9.59 Å². The molecule has 0 radical (unpaired) electrons. The fraction of sp³-hybridized carbons (Fsp3) is 0.118. The predicted molar refractivity (Wildman–Crippen MR) is 98.8 cm³/mol. The molecule has 0 saturated carbocycles. The number of pyridine rings is 1. The van der Waals surface area contributed by atoms with Crippen LogP contribution in [0.4, 0.5) is 5.69 Å². The maximum absolute atomic E-state index is 12.3. The fourth-order valence-electron chi connectivity index (χ4n) is 1.92. The van der Waals surface area contributed by atoms with E-state index >= 15 is 0 Å². The monoisotopic (exact) mass is 386 g/mol. The number of hydrogen-bond acceptors (Lipinski definition) is 6. The molecule has 0 aliphatic carbocycles. The highest BCUT2D eigenvalue weighted by Crippen LogP contribution is 2.10. The number of benzene rings is 1. The number of nitrogens with one attached hydrogen (secondary N) is 3. The molecular weight excluding hydrogens is 372 g/mol. The van der Waals surface area contributed by atoms with Gasteiger partial charge in [0.25, 0.3) is 5.91 Å². The standard InChI is InChI=1S/C17H15ClN6O3/c1-27-16(26)14(23-15(25)11-4-6-12(18)7-5-11)24-17(21-10-19)22-13-3-2-8-20-9-13/h2-9,14H,1H3,(H,23,25)(H2,21,22,24). The molecule has 1 aromatic heterocycles. The number of carbonyl (C=O) groups excluding carboxylic acids is 2. The Labute approximate surface area is 160 Å². The van der Waals surface area contributed by atoms with Gasteiger partial charge in [0.15, 0.2) is 6.19 Å². The molecule has 27 heavy (non-hydrogen) atoms. The summed E-state index contributed by atoms with van der Waals surface area (Å²) in [5.41, 5.74) is 0.796. The van der Waals surface area contributed by atoms with Crippen molar-refractivity contribution in [3.63, 3.8) is 0 Å². The van der Waals surface area contributed by atoms with Gasteiger partial charge in [-0.15, -0.1) is 0 Å². The molecule has 0 spiro atoms. The lowest BCUT2D eigenvalue weighted by molar-refractivity contribution is -0.142. The van der Waals surface area contributed by atoms with Crippen molar-refractivity contribution in [3.8, 4) is 6.19 Å². The first-order chi connectivity index (χ1) is 13.0. The molecule has 1 amide bonds. The fourth-order valence-corrected chi connectivity index (χ4v) is 2.04. The summed E-state index contributed by atoms with van der Waals surface area (Å²) in [6.45, 7) is 0. The average molecular weight is 387 g/mol. The maximum Gasteiger partial charge on any atom is 0.351 e. The van der Waals surface area contributed by atoms with Gasteiger partial charge in [-0.2, -0.15) is 5.26 Å². The minimum absolute atomic E-state index is 0.0719. The van der Waals surface area contributed by atoms with Crippen molar-refractivity contribution < 1.29 is 14.3 Å². The largest absolute Gasteiger partial charge is 0.466 e. The third kappa shape index (κ3) is 5.98. The number of aliphatic imine (C=N–C) groups is 1. The van der Waals surface area contributed by atoms with Crippen LogP contribution in [-0.4, -0.2) is 36.1 Å². The van der Waals surface area contributed by atoms with Crippen LogP contribution in [0, 0.1) is 11.5 Å². The number of methoxy groups -OCH3 is 1. The van der Waals surface area contributed by atoms with Crippen LogP contribution < -0.4 is 16.0 Å². The van der Waals surface area contributed by atoms with Crippen LogP contribution in [0.2, 0.25) is 5.02 Å². The summed E-state index contributed by atoms with van der Waals surface area (Å²) in [5, 5.41) is 16.9. The van der Waals surface area contributed by atoms with Gasteiger partial charge in [-0.25, -0.2) is 9.79 Å². The van der Waals surface area contributed by atoms with Gasteiger partial charge in [-0.05, 0) is 36.4 Å². The summed E-state index contributed by atoms with van der Waals surface area (Å²) in [5.74, 6) is -1.46. The van der Waals surface area contributed by atoms with Gasteiger partial charge in [0.2, 0.25) is 12.1 Å². The van der Waals surface area contributed by atoms with Gasteiger partial charge < -0.3 is 15.4 Å². The van der Waals surface area contributed by atoms with Crippen molar-refractivity contribution in [1.29, 1.82) is 5.26 Å². The molecular formula is C17H15ClN6O3. The number of esters is 1. The van der Waals surface area contributed by atoms with E-state index in [2.05, 4.69) is 30.7 Å². The summed E-state index contributed by atoms with van der Waals surface area (Å²) in [4.78, 5) is 32.3. The van der Waals surface area contributed by atoms with E-state index in [1.807, 2.05) is 0 Å². The number of carbonyl (C=O) groups is 2. The highest BCUT2D eigenvalue weighted by molar-refractivity contribution is 6.30. The smallest absolute Gasteiger partial charge is 0.351 e. The highest BCUT2D eigenvalue weighted by Gasteiger charge is 2.22. The van der Waals surface area contributed by atoms with Crippen LogP contribution in [-0.2, 0) is 9.53 Å². The first-order valence-electron chi connectivity index (χ1n) is 7.57. The lowest BCUT2D eigenvalue weighted by Gasteiger charge is -2.15. The molecule has 1 heterocycles. The van der Waals surface area contributed by atoms with E-state index in [-0.39, 0.29) is 11.5 Å². The molecule has 3 N–H and O–H groups in total. The number of anilines is 1. The molecule has 10 heteroatoms. The number of amides is 1. The Hall–Kier alpha value is -3.64. The molecule has 9 nitrogen and oxygen atoms in total. The van der Waals surface area contributed by atoms with Crippen molar-refractivity contribution in [2.75, 3.05) is 12.4 Å². The summed E-state index contributed by atoms with van der Waals surface area (Å²) < 4.78 is 4.66. The van der Waals surface area contributed by atoms with Crippen LogP contribution in [0.1, 0.15) is 10.4 Å². The highest BCUT2D eigenvalue weighted by atomic mass is 35.5. The number of ether oxygens (including phenoxy) is 1. The van der Waals surface area contributed by atoms with Gasteiger partial charge in [0.05, 0.1) is 19.0 Å². The van der Waals surface area contributed by atoms with E-state index in [0.717, 1.165) is 7.11 Å². The average Bonchev–Trinajstić information content (AvgIpc) is 2.68. The SMILES string of the molecule is COC(=O)C(N=C(NC#N)Nc1cccnc1)NC(=O)c1ccc(Cl)cc1. The molecule has 1 unspecified atom stereocenters. The minimum Gasteiger partial charge on any atom is -0.466 e. The van der Waals surface area contributed by atoms with Gasteiger partial charge in [-0.1, -0.05) is 11.6 Å². The van der Waals surface area contributed by atoms with Crippen molar-refractivity contribution in [2.45, 2.75) is 6.17 Å². The maximum atomic E-state index is 12.3. The zero-order chi connectivity index (χ0) is 19.6. The van der Waals surface area contributed by atoms with Crippen LogP contribution in [0.25, 0.3) is 0 Å². The molecule has 0 fully saturated rings. The van der Waals surface area contributed by atoms with Crippen molar-refractivity contribution in [3.05, 3.63) is 59.4 Å². The van der Waals surface area contributed by atoms with Crippen LogP contribution >= 0.6 is 11.6 Å². The lowest BCUT2D eigenvalue weighted by atomic mass is 10.2. The normalized spacial score (nSPS) is 11.7. The van der Waals surface area contributed by atoms with E-state index in [4.69, 9.17) is 16.9 Å². The number of guanidine groups is 1. The Bertz CT molecular complexity index is 864. The molecule has 2 rings (SSSR count). The first kappa shape index (κ1) is 19.7. The summed E-state index contributed by atoms with van der Waals surface area (Å²) in [7, 11) is 1.16. The van der Waals surface area contributed by atoms with E-state index in [1.54, 1.807) is 36.7 Å². The molecule has 1 aromatic carbocycles. The van der Waals surface area contributed by atoms with Crippen LogP contribution in [0.5, 0.6) is 0 Å². The van der Waals surface area contributed by atoms with E-state index in [0.29, 0.717) is 10.7 Å². The molecule has 0 saturated heterocycles. The Balaban J connectivity index is 2.23. The van der Waals surface area contributed by atoms with Gasteiger partial charge in [-0.3, -0.25) is 15.1 Å². The van der Waals surface area contributed by atoms with E-state index < -0.39 is 18.0 Å². The Morgan fingerprint density at radius 2 is 2.04 bits per heavy atom. The Kier molecular flexibility index (Phi) is 7.10. The second-order valence-corrected chi connectivity index (χ2v) is 5.42. The second-order valence-electron chi connectivity index (χ2n) is 4.99. The number of nitrogens with zero attached hydrogens (tertiary/aromatic N) is 3. The molecule has 2 aromatic rings. The summed E-state index contributed by atoms with van der Waals surface area (Å²) in [6.07, 6.45) is 3.37. The van der Waals surface area contributed by atoms with Crippen LogP contribution in [0.3, 0.4) is 0 Å². The number of nitriles is 1. The molecule has 0 bridgehead atoms. The summed E-state index contributed by atoms with van der Waals surface area (Å²) in [6, 6.07) is 9.43. The van der Waals surface area contributed by atoms with Crippen LogP contribution in [0.15, 0.2) is 53.8 Å². The number of rotatable bonds is 5. The summed E-state index contributed by atoms with van der Waals surface area (Å²) >= 11 is 5.80.